The minimum Gasteiger partial charge on any atom is -0.350 e. The van der Waals surface area contributed by atoms with Crippen LogP contribution in [0.2, 0.25) is 0 Å². The van der Waals surface area contributed by atoms with Gasteiger partial charge in [0.25, 0.3) is 0 Å². The normalized spacial score (nSPS) is 11.3. The van der Waals surface area contributed by atoms with Crippen LogP contribution in [-0.2, 0) is 13.1 Å². The van der Waals surface area contributed by atoms with Crippen LogP contribution in [-0.4, -0.2) is 26.1 Å². The topological polar surface area (TPSA) is 81.7 Å². The third-order valence-electron chi connectivity index (χ3n) is 5.41. The summed E-state index contributed by atoms with van der Waals surface area (Å²) in [6.07, 6.45) is 5.18. The quantitative estimate of drug-likeness (QED) is 0.328. The Kier molecular flexibility index (Phi) is 7.19. The molecule has 0 saturated carbocycles. The zero-order valence-corrected chi connectivity index (χ0v) is 18.1. The van der Waals surface area contributed by atoms with Crippen molar-refractivity contribution in [2.45, 2.75) is 38.8 Å². The highest BCUT2D eigenvalue weighted by Gasteiger charge is 2.19. The summed E-state index contributed by atoms with van der Waals surface area (Å²) in [6, 6.07) is 10.5. The highest BCUT2D eigenvalue weighted by atomic mass is 19.2. The van der Waals surface area contributed by atoms with Crippen molar-refractivity contribution in [3.63, 3.8) is 0 Å². The van der Waals surface area contributed by atoms with E-state index >= 15 is 0 Å². The van der Waals surface area contributed by atoms with Gasteiger partial charge in [0.05, 0.1) is 11.8 Å². The van der Waals surface area contributed by atoms with Gasteiger partial charge in [-0.25, -0.2) is 23.1 Å². The SMILES string of the molecule is NCCCCCCn1c(-c2cccc(F)c2F)nc2cnc(NCc3ccccc3F)nc21. The average molecular weight is 455 g/mol. The standard InChI is InChI=1S/C24H25F3N6/c25-18-10-4-3-8-16(18)14-29-24-30-15-20-23(32-24)33(13-6-2-1-5-12-28)22(31-20)17-9-7-11-19(26)21(17)27/h3-4,7-11,15H,1-2,5-6,12-14,28H2,(H,29,30,32). The first kappa shape index (κ1) is 22.7. The molecule has 0 aliphatic heterocycles. The van der Waals surface area contributed by atoms with E-state index < -0.39 is 11.6 Å². The second-order valence-corrected chi connectivity index (χ2v) is 7.74. The number of aryl methyl sites for hydroxylation is 1. The fraction of sp³-hybridized carbons (Fsp3) is 0.292. The number of fused-ring (bicyclic) bond motifs is 1. The average Bonchev–Trinajstić information content (AvgIpc) is 3.18. The minimum absolute atomic E-state index is 0.0656. The van der Waals surface area contributed by atoms with E-state index in [9.17, 15) is 13.2 Å². The van der Waals surface area contributed by atoms with E-state index in [0.717, 1.165) is 31.7 Å². The zero-order chi connectivity index (χ0) is 23.2. The lowest BCUT2D eigenvalue weighted by Gasteiger charge is -2.10. The molecule has 0 atom stereocenters. The van der Waals surface area contributed by atoms with Crippen LogP contribution in [0.5, 0.6) is 0 Å². The fourth-order valence-electron chi connectivity index (χ4n) is 3.68. The number of benzene rings is 2. The molecule has 4 aromatic rings. The number of rotatable bonds is 10. The number of aromatic nitrogens is 4. The number of unbranched alkanes of at least 4 members (excludes halogenated alkanes) is 3. The summed E-state index contributed by atoms with van der Waals surface area (Å²) in [6.45, 7) is 1.37. The van der Waals surface area contributed by atoms with Gasteiger partial charge in [0.2, 0.25) is 5.95 Å². The van der Waals surface area contributed by atoms with Gasteiger partial charge in [-0.1, -0.05) is 37.1 Å². The first-order valence-corrected chi connectivity index (χ1v) is 10.9. The lowest BCUT2D eigenvalue weighted by Crippen LogP contribution is -2.07. The van der Waals surface area contributed by atoms with E-state index in [1.165, 1.54) is 24.4 Å². The number of nitrogens with zero attached hydrogens (tertiary/aromatic N) is 4. The summed E-state index contributed by atoms with van der Waals surface area (Å²) in [4.78, 5) is 13.3. The molecule has 0 radical (unpaired) electrons. The van der Waals surface area contributed by atoms with Gasteiger partial charge in [-0.05, 0) is 37.6 Å². The van der Waals surface area contributed by atoms with E-state index in [0.29, 0.717) is 41.6 Å². The number of halogens is 3. The Bertz CT molecular complexity index is 1240. The Labute approximate surface area is 189 Å². The van der Waals surface area contributed by atoms with Crippen LogP contribution in [0.15, 0.2) is 48.7 Å². The molecule has 2 aromatic heterocycles. The van der Waals surface area contributed by atoms with E-state index in [4.69, 9.17) is 5.73 Å². The van der Waals surface area contributed by atoms with Gasteiger partial charge >= 0.3 is 0 Å². The lowest BCUT2D eigenvalue weighted by molar-refractivity contribution is 0.509. The van der Waals surface area contributed by atoms with Crippen LogP contribution in [0.3, 0.4) is 0 Å². The Morgan fingerprint density at radius 3 is 2.48 bits per heavy atom. The number of nitrogens with one attached hydrogen (secondary N) is 1. The highest BCUT2D eigenvalue weighted by molar-refractivity contribution is 5.77. The fourth-order valence-corrected chi connectivity index (χ4v) is 3.68. The van der Waals surface area contributed by atoms with Gasteiger partial charge < -0.3 is 15.6 Å². The maximum absolute atomic E-state index is 14.6. The predicted molar refractivity (Wildman–Crippen MR) is 122 cm³/mol. The highest BCUT2D eigenvalue weighted by Crippen LogP contribution is 2.28. The van der Waals surface area contributed by atoms with Crippen LogP contribution >= 0.6 is 0 Å². The van der Waals surface area contributed by atoms with Crippen LogP contribution < -0.4 is 11.1 Å². The summed E-state index contributed by atoms with van der Waals surface area (Å²) < 4.78 is 44.2. The summed E-state index contributed by atoms with van der Waals surface area (Å²) in [7, 11) is 0. The first-order valence-electron chi connectivity index (χ1n) is 10.9. The predicted octanol–water partition coefficient (Wildman–Crippen LogP) is 5.04. The maximum Gasteiger partial charge on any atom is 0.225 e. The maximum atomic E-state index is 14.6. The molecule has 0 spiro atoms. The van der Waals surface area contributed by atoms with Crippen molar-refractivity contribution >= 4 is 17.1 Å². The number of hydrogen-bond donors (Lipinski definition) is 2. The minimum atomic E-state index is -0.956. The Balaban J connectivity index is 1.67. The van der Waals surface area contributed by atoms with Crippen LogP contribution in [0, 0.1) is 17.5 Å². The molecule has 6 nitrogen and oxygen atoms in total. The van der Waals surface area contributed by atoms with E-state index in [-0.39, 0.29) is 17.9 Å². The molecule has 3 N–H and O–H groups in total. The Hall–Kier alpha value is -3.46. The van der Waals surface area contributed by atoms with Crippen molar-refractivity contribution in [2.24, 2.45) is 5.73 Å². The number of anilines is 1. The van der Waals surface area contributed by atoms with Gasteiger partial charge in [0.15, 0.2) is 17.3 Å². The molecule has 0 fully saturated rings. The Morgan fingerprint density at radius 2 is 1.67 bits per heavy atom. The molecule has 0 saturated heterocycles. The molecular weight excluding hydrogens is 429 g/mol. The second-order valence-electron chi connectivity index (χ2n) is 7.74. The Morgan fingerprint density at radius 1 is 0.879 bits per heavy atom. The molecule has 2 heterocycles. The largest absolute Gasteiger partial charge is 0.350 e. The molecule has 0 unspecified atom stereocenters. The van der Waals surface area contributed by atoms with Crippen molar-refractivity contribution in [3.8, 4) is 11.4 Å². The van der Waals surface area contributed by atoms with Crippen LogP contribution in [0.4, 0.5) is 19.1 Å². The lowest BCUT2D eigenvalue weighted by atomic mass is 10.1. The molecule has 2 aromatic carbocycles. The molecule has 172 valence electrons. The third kappa shape index (κ3) is 5.14. The number of imidazole rings is 1. The van der Waals surface area contributed by atoms with E-state index in [2.05, 4.69) is 20.3 Å². The summed E-state index contributed by atoms with van der Waals surface area (Å²) in [5.74, 6) is -1.63. The van der Waals surface area contributed by atoms with Crippen molar-refractivity contribution in [3.05, 3.63) is 71.7 Å². The van der Waals surface area contributed by atoms with Gasteiger partial charge in [-0.15, -0.1) is 0 Å². The summed E-state index contributed by atoms with van der Waals surface area (Å²) in [5, 5.41) is 3.02. The molecular formula is C24H25F3N6. The zero-order valence-electron chi connectivity index (χ0n) is 18.1. The monoisotopic (exact) mass is 454 g/mol. The summed E-state index contributed by atoms with van der Waals surface area (Å²) >= 11 is 0. The van der Waals surface area contributed by atoms with Gasteiger partial charge in [-0.3, -0.25) is 0 Å². The molecule has 0 aliphatic carbocycles. The summed E-state index contributed by atoms with van der Waals surface area (Å²) in [5.41, 5.74) is 7.08. The van der Waals surface area contributed by atoms with Crippen LogP contribution in [0.25, 0.3) is 22.6 Å². The second kappa shape index (κ2) is 10.4. The molecule has 4 rings (SSSR count). The van der Waals surface area contributed by atoms with Crippen molar-refractivity contribution in [2.75, 3.05) is 11.9 Å². The molecule has 0 amide bonds. The van der Waals surface area contributed by atoms with Gasteiger partial charge in [0.1, 0.15) is 17.2 Å². The van der Waals surface area contributed by atoms with Crippen LogP contribution in [0.1, 0.15) is 31.2 Å². The molecule has 9 heteroatoms. The van der Waals surface area contributed by atoms with Crippen molar-refractivity contribution in [1.82, 2.24) is 19.5 Å². The molecule has 0 aliphatic rings. The number of hydrogen-bond acceptors (Lipinski definition) is 5. The first-order chi connectivity index (χ1) is 16.1. The molecule has 0 bridgehead atoms. The van der Waals surface area contributed by atoms with E-state index in [1.807, 2.05) is 0 Å². The molecule has 33 heavy (non-hydrogen) atoms. The van der Waals surface area contributed by atoms with Gasteiger partial charge in [-0.2, -0.15) is 4.98 Å². The van der Waals surface area contributed by atoms with Gasteiger partial charge in [0, 0.05) is 18.7 Å². The smallest absolute Gasteiger partial charge is 0.225 e. The number of nitrogens with two attached hydrogens (primary N) is 1. The van der Waals surface area contributed by atoms with E-state index in [1.54, 1.807) is 22.8 Å². The van der Waals surface area contributed by atoms with Crippen molar-refractivity contribution < 1.29 is 13.2 Å². The third-order valence-corrected chi connectivity index (χ3v) is 5.41. The van der Waals surface area contributed by atoms with Crippen molar-refractivity contribution in [1.29, 1.82) is 0 Å².